The normalized spacial score (nSPS) is 21.2. The number of nitrogens with zero attached hydrogens (tertiary/aromatic N) is 1. The highest BCUT2D eigenvalue weighted by Gasteiger charge is 2.28. The molecule has 0 aliphatic carbocycles. The van der Waals surface area contributed by atoms with Gasteiger partial charge in [0.2, 0.25) is 5.91 Å². The minimum absolute atomic E-state index is 0.116. The van der Waals surface area contributed by atoms with Crippen LogP contribution in [-0.4, -0.2) is 42.5 Å². The van der Waals surface area contributed by atoms with E-state index in [2.05, 4.69) is 18.8 Å². The van der Waals surface area contributed by atoms with Gasteiger partial charge in [0.1, 0.15) is 0 Å². The molecule has 19 heavy (non-hydrogen) atoms. The molecule has 0 spiro atoms. The van der Waals surface area contributed by atoms with E-state index in [1.807, 2.05) is 11.0 Å². The molecule has 3 N–H and O–H groups in total. The number of nitrogens with two attached hydrogens (primary N) is 1. The average Bonchev–Trinajstić information content (AvgIpc) is 2.43. The van der Waals surface area contributed by atoms with Gasteiger partial charge < -0.3 is 16.0 Å². The molecule has 4 nitrogen and oxygen atoms in total. The van der Waals surface area contributed by atoms with Gasteiger partial charge >= 0.3 is 0 Å². The van der Waals surface area contributed by atoms with E-state index in [4.69, 9.17) is 5.73 Å². The number of nitrogens with one attached hydrogen (secondary N) is 1. The van der Waals surface area contributed by atoms with Crippen molar-refractivity contribution in [3.63, 3.8) is 0 Å². The summed E-state index contributed by atoms with van der Waals surface area (Å²) in [7, 11) is 0. The van der Waals surface area contributed by atoms with E-state index in [1.165, 1.54) is 19.3 Å². The molecule has 110 valence electrons. The summed E-state index contributed by atoms with van der Waals surface area (Å²) in [5.74, 6) is 0.116. The first-order valence-corrected chi connectivity index (χ1v) is 7.58. The first-order chi connectivity index (χ1) is 9.20. The summed E-state index contributed by atoms with van der Waals surface area (Å²) in [5.41, 5.74) is 6.05. The Hall–Kier alpha value is -0.870. The number of amides is 1. The number of unbranched alkanes of at least 4 members (excludes halogenated alkanes) is 3. The molecule has 4 heteroatoms. The van der Waals surface area contributed by atoms with Crippen LogP contribution in [0, 0.1) is 0 Å². The van der Waals surface area contributed by atoms with Crippen molar-refractivity contribution in [2.75, 3.05) is 19.6 Å². The van der Waals surface area contributed by atoms with Gasteiger partial charge in [0.25, 0.3) is 0 Å². The summed E-state index contributed by atoms with van der Waals surface area (Å²) in [6, 6.07) is -0.109. The summed E-state index contributed by atoms with van der Waals surface area (Å²) in [4.78, 5) is 14.3. The smallest absolute Gasteiger partial charge is 0.239 e. The van der Waals surface area contributed by atoms with Gasteiger partial charge in [0, 0.05) is 25.7 Å². The third-order valence-corrected chi connectivity index (χ3v) is 3.76. The van der Waals surface area contributed by atoms with Gasteiger partial charge in [-0.05, 0) is 12.8 Å². The number of piperazine rings is 1. The summed E-state index contributed by atoms with van der Waals surface area (Å²) in [5, 5.41) is 3.32. The lowest BCUT2D eigenvalue weighted by Crippen LogP contribution is -2.57. The number of carbonyl (C=O) groups excluding carboxylic acids is 1. The molecule has 1 rings (SSSR count). The molecule has 0 saturated carbocycles. The van der Waals surface area contributed by atoms with Gasteiger partial charge in [-0.25, -0.2) is 0 Å². The van der Waals surface area contributed by atoms with Crippen molar-refractivity contribution in [2.45, 2.75) is 57.5 Å². The summed E-state index contributed by atoms with van der Waals surface area (Å²) in [6.45, 7) is 8.43. The summed E-state index contributed by atoms with van der Waals surface area (Å²) >= 11 is 0. The van der Waals surface area contributed by atoms with E-state index in [0.29, 0.717) is 0 Å². The van der Waals surface area contributed by atoms with Gasteiger partial charge in [-0.2, -0.15) is 0 Å². The molecule has 0 aromatic carbocycles. The first kappa shape index (κ1) is 16.2. The van der Waals surface area contributed by atoms with Crippen LogP contribution in [0.1, 0.15) is 45.4 Å². The van der Waals surface area contributed by atoms with E-state index in [1.54, 1.807) is 0 Å². The molecular weight excluding hydrogens is 238 g/mol. The molecule has 0 radical (unpaired) electrons. The minimum atomic E-state index is -0.331. The predicted molar refractivity (Wildman–Crippen MR) is 79.9 cm³/mol. The van der Waals surface area contributed by atoms with Crippen molar-refractivity contribution in [1.29, 1.82) is 0 Å². The molecule has 1 aliphatic rings. The maximum Gasteiger partial charge on any atom is 0.239 e. The van der Waals surface area contributed by atoms with E-state index in [0.717, 1.165) is 38.9 Å². The molecule has 2 unspecified atom stereocenters. The number of rotatable bonds is 8. The number of hydrogen-bond donors (Lipinski definition) is 2. The van der Waals surface area contributed by atoms with Crippen LogP contribution in [0.4, 0.5) is 0 Å². The van der Waals surface area contributed by atoms with E-state index in [9.17, 15) is 4.79 Å². The Morgan fingerprint density at radius 1 is 1.53 bits per heavy atom. The van der Waals surface area contributed by atoms with Gasteiger partial charge in [0.05, 0.1) is 6.04 Å². The van der Waals surface area contributed by atoms with Crippen LogP contribution >= 0.6 is 0 Å². The SMILES string of the molecule is C=CCC1CNCCN1C(=O)C(N)CCCCCC. The Bertz CT molecular complexity index is 281. The third-order valence-electron chi connectivity index (χ3n) is 3.76. The lowest BCUT2D eigenvalue weighted by molar-refractivity contribution is -0.135. The summed E-state index contributed by atoms with van der Waals surface area (Å²) < 4.78 is 0. The Morgan fingerprint density at radius 2 is 2.32 bits per heavy atom. The quantitative estimate of drug-likeness (QED) is 0.519. The van der Waals surface area contributed by atoms with Gasteiger partial charge in [-0.1, -0.05) is 38.7 Å². The van der Waals surface area contributed by atoms with E-state index >= 15 is 0 Å². The minimum Gasteiger partial charge on any atom is -0.336 e. The van der Waals surface area contributed by atoms with Crippen LogP contribution in [-0.2, 0) is 4.79 Å². The number of hydrogen-bond acceptors (Lipinski definition) is 3. The molecular formula is C15H29N3O. The molecule has 1 aliphatic heterocycles. The molecule has 1 fully saturated rings. The Morgan fingerprint density at radius 3 is 3.00 bits per heavy atom. The molecule has 1 saturated heterocycles. The van der Waals surface area contributed by atoms with Gasteiger partial charge in [-0.3, -0.25) is 4.79 Å². The maximum atomic E-state index is 12.4. The lowest BCUT2D eigenvalue weighted by Gasteiger charge is -2.37. The topological polar surface area (TPSA) is 58.4 Å². The Balaban J connectivity index is 2.41. The molecule has 1 heterocycles. The van der Waals surface area contributed by atoms with Crippen molar-refractivity contribution in [2.24, 2.45) is 5.73 Å². The maximum absolute atomic E-state index is 12.4. The molecule has 0 aromatic rings. The van der Waals surface area contributed by atoms with Crippen LogP contribution in [0.5, 0.6) is 0 Å². The van der Waals surface area contributed by atoms with Crippen LogP contribution in [0.3, 0.4) is 0 Å². The van der Waals surface area contributed by atoms with Crippen molar-refractivity contribution in [3.8, 4) is 0 Å². The van der Waals surface area contributed by atoms with Crippen molar-refractivity contribution >= 4 is 5.91 Å². The highest BCUT2D eigenvalue weighted by atomic mass is 16.2. The van der Waals surface area contributed by atoms with Crippen molar-refractivity contribution in [3.05, 3.63) is 12.7 Å². The predicted octanol–water partition coefficient (Wildman–Crippen LogP) is 1.66. The fourth-order valence-corrected chi connectivity index (χ4v) is 2.58. The molecule has 2 atom stereocenters. The Labute approximate surface area is 117 Å². The van der Waals surface area contributed by atoms with E-state index < -0.39 is 0 Å². The second-order valence-corrected chi connectivity index (χ2v) is 5.37. The Kier molecular flexibility index (Phi) is 7.75. The second-order valence-electron chi connectivity index (χ2n) is 5.37. The zero-order valence-corrected chi connectivity index (χ0v) is 12.2. The zero-order chi connectivity index (χ0) is 14.1. The van der Waals surface area contributed by atoms with Crippen LogP contribution in [0.25, 0.3) is 0 Å². The zero-order valence-electron chi connectivity index (χ0n) is 12.2. The highest BCUT2D eigenvalue weighted by Crippen LogP contribution is 2.12. The average molecular weight is 267 g/mol. The largest absolute Gasteiger partial charge is 0.336 e. The number of carbonyl (C=O) groups is 1. The van der Waals surface area contributed by atoms with Gasteiger partial charge in [0.15, 0.2) is 0 Å². The van der Waals surface area contributed by atoms with Gasteiger partial charge in [-0.15, -0.1) is 6.58 Å². The standard InChI is InChI=1S/C15H29N3O/c1-3-5-6-7-9-14(16)15(19)18-11-10-17-12-13(18)8-4-2/h4,13-14,17H,2-3,5-12,16H2,1H3. The summed E-state index contributed by atoms with van der Waals surface area (Å²) in [6.07, 6.45) is 8.19. The molecule has 0 aromatic heterocycles. The van der Waals surface area contributed by atoms with Crippen molar-refractivity contribution in [1.82, 2.24) is 10.2 Å². The fourth-order valence-electron chi connectivity index (χ4n) is 2.58. The third kappa shape index (κ3) is 5.33. The van der Waals surface area contributed by atoms with Crippen molar-refractivity contribution < 1.29 is 4.79 Å². The fraction of sp³-hybridized carbons (Fsp3) is 0.800. The second kappa shape index (κ2) is 9.10. The monoisotopic (exact) mass is 267 g/mol. The van der Waals surface area contributed by atoms with E-state index in [-0.39, 0.29) is 18.0 Å². The lowest BCUT2D eigenvalue weighted by atomic mass is 10.0. The van der Waals surface area contributed by atoms with Crippen LogP contribution in [0.15, 0.2) is 12.7 Å². The first-order valence-electron chi connectivity index (χ1n) is 7.58. The van der Waals surface area contributed by atoms with Crippen LogP contribution in [0.2, 0.25) is 0 Å². The molecule has 1 amide bonds. The molecule has 0 bridgehead atoms. The van der Waals surface area contributed by atoms with Crippen LogP contribution < -0.4 is 11.1 Å². The highest BCUT2D eigenvalue weighted by molar-refractivity contribution is 5.82.